The van der Waals surface area contributed by atoms with E-state index in [9.17, 15) is 9.90 Å². The van der Waals surface area contributed by atoms with Gasteiger partial charge in [-0.1, -0.05) is 34.4 Å². The summed E-state index contributed by atoms with van der Waals surface area (Å²) < 4.78 is 36.0. The average Bonchev–Trinajstić information content (AvgIpc) is 3.31. The standard InChI is InChI=1S/C31H30Cl2N2O8S/c1-14(2)42-20-9-16(29(36)38-3)10-22-25(20)34-30(44-22)31(37)13-41-27-21(12-40-28(27)31)39-11-17-24(35-43-26(17)15-7-8-15)23-18(32)5-4-6-19(23)33/h4-6,9-10,14-15,21,27-28,37H,7-8,11-13H2,1-3H3/t21?,27-,28+,31-/m1/s1. The maximum absolute atomic E-state index is 12.3. The number of carbonyl (C=O) groups excluding carboxylic acids is 1. The van der Waals surface area contributed by atoms with Crippen molar-refractivity contribution in [3.63, 3.8) is 0 Å². The molecule has 0 spiro atoms. The van der Waals surface area contributed by atoms with E-state index in [1.165, 1.54) is 18.4 Å². The van der Waals surface area contributed by atoms with Gasteiger partial charge in [-0.3, -0.25) is 0 Å². The lowest BCUT2D eigenvalue weighted by Crippen LogP contribution is -2.41. The molecule has 0 amide bonds. The van der Waals surface area contributed by atoms with Crippen LogP contribution in [0, 0.1) is 0 Å². The van der Waals surface area contributed by atoms with Crippen molar-refractivity contribution in [1.29, 1.82) is 0 Å². The van der Waals surface area contributed by atoms with E-state index in [-0.39, 0.29) is 31.8 Å². The summed E-state index contributed by atoms with van der Waals surface area (Å²) in [6.07, 6.45) is 0.142. The molecule has 2 aromatic heterocycles. The molecule has 13 heteroatoms. The fourth-order valence-electron chi connectivity index (χ4n) is 5.82. The van der Waals surface area contributed by atoms with Gasteiger partial charge in [-0.25, -0.2) is 9.78 Å². The SMILES string of the molecule is COC(=O)c1cc(OC(C)C)c2nc([C@@]3(O)CO[C@@H]4C(OCc5c(-c6c(Cl)cccc6Cl)noc5C5CC5)CO[C@@H]43)sc2c1. The van der Waals surface area contributed by atoms with Crippen molar-refractivity contribution >= 4 is 50.7 Å². The number of aliphatic hydroxyl groups is 1. The van der Waals surface area contributed by atoms with Crippen molar-refractivity contribution in [2.75, 3.05) is 20.3 Å². The van der Waals surface area contributed by atoms with E-state index in [1.54, 1.807) is 30.3 Å². The quantitative estimate of drug-likeness (QED) is 0.205. The first kappa shape index (κ1) is 29.9. The summed E-state index contributed by atoms with van der Waals surface area (Å²) in [5.74, 6) is 0.994. The van der Waals surface area contributed by atoms with Crippen LogP contribution in [0.4, 0.5) is 0 Å². The van der Waals surface area contributed by atoms with Crippen LogP contribution >= 0.6 is 34.5 Å². The molecule has 2 saturated heterocycles. The Bertz CT molecular complexity index is 1720. The van der Waals surface area contributed by atoms with Crippen LogP contribution in [0.25, 0.3) is 21.5 Å². The number of aromatic nitrogens is 2. The minimum atomic E-state index is -1.53. The number of hydrogen-bond acceptors (Lipinski definition) is 11. The number of rotatable bonds is 9. The number of ether oxygens (including phenoxy) is 5. The Hall–Kier alpha value is -2.77. The number of halogens is 2. The van der Waals surface area contributed by atoms with Crippen molar-refractivity contribution in [3.8, 4) is 17.0 Å². The highest BCUT2D eigenvalue weighted by molar-refractivity contribution is 7.18. The third kappa shape index (κ3) is 5.18. The van der Waals surface area contributed by atoms with Crippen LogP contribution in [0.3, 0.4) is 0 Å². The van der Waals surface area contributed by atoms with Gasteiger partial charge in [-0.05, 0) is 51.0 Å². The van der Waals surface area contributed by atoms with E-state index < -0.39 is 29.9 Å². The summed E-state index contributed by atoms with van der Waals surface area (Å²) in [6, 6.07) is 8.60. The van der Waals surface area contributed by atoms with Crippen LogP contribution in [0.1, 0.15) is 59.3 Å². The minimum Gasteiger partial charge on any atom is -0.489 e. The Morgan fingerprint density at radius 3 is 2.68 bits per heavy atom. The number of hydrogen-bond donors (Lipinski definition) is 1. The van der Waals surface area contributed by atoms with Gasteiger partial charge >= 0.3 is 5.97 Å². The van der Waals surface area contributed by atoms with Crippen LogP contribution < -0.4 is 4.74 Å². The predicted molar refractivity (Wildman–Crippen MR) is 163 cm³/mol. The summed E-state index contributed by atoms with van der Waals surface area (Å²) in [6.45, 7) is 4.13. The zero-order valence-electron chi connectivity index (χ0n) is 24.2. The Labute approximate surface area is 267 Å². The summed E-state index contributed by atoms with van der Waals surface area (Å²) in [4.78, 5) is 17.1. The summed E-state index contributed by atoms with van der Waals surface area (Å²) >= 11 is 14.3. The highest BCUT2D eigenvalue weighted by Crippen LogP contribution is 2.48. The van der Waals surface area contributed by atoms with Gasteiger partial charge < -0.3 is 33.3 Å². The van der Waals surface area contributed by atoms with Gasteiger partial charge in [-0.15, -0.1) is 11.3 Å². The van der Waals surface area contributed by atoms with Crippen LogP contribution in [0.15, 0.2) is 34.9 Å². The van der Waals surface area contributed by atoms with Gasteiger partial charge in [0.15, 0.2) is 5.60 Å². The number of thiazole rings is 1. The van der Waals surface area contributed by atoms with Crippen LogP contribution in [-0.2, 0) is 31.2 Å². The van der Waals surface area contributed by atoms with E-state index in [2.05, 4.69) is 5.16 Å². The molecule has 7 rings (SSSR count). The highest BCUT2D eigenvalue weighted by atomic mass is 35.5. The smallest absolute Gasteiger partial charge is 0.338 e. The molecule has 1 saturated carbocycles. The van der Waals surface area contributed by atoms with Crippen molar-refractivity contribution in [2.24, 2.45) is 0 Å². The van der Waals surface area contributed by atoms with Gasteiger partial charge in [0.2, 0.25) is 0 Å². The number of nitrogens with zero attached hydrogens (tertiary/aromatic N) is 2. The van der Waals surface area contributed by atoms with Gasteiger partial charge in [0.1, 0.15) is 46.0 Å². The maximum atomic E-state index is 12.3. The normalized spacial score (nSPS) is 24.8. The molecule has 3 fully saturated rings. The lowest BCUT2D eigenvalue weighted by atomic mass is 9.96. The second-order valence-corrected chi connectivity index (χ2v) is 13.4. The van der Waals surface area contributed by atoms with Crippen molar-refractivity contribution in [1.82, 2.24) is 10.1 Å². The molecule has 44 heavy (non-hydrogen) atoms. The first-order valence-electron chi connectivity index (χ1n) is 14.4. The zero-order valence-corrected chi connectivity index (χ0v) is 26.5. The summed E-state index contributed by atoms with van der Waals surface area (Å²) in [5.41, 5.74) is 1.30. The molecular formula is C31H30Cl2N2O8S. The Morgan fingerprint density at radius 2 is 1.98 bits per heavy atom. The molecule has 10 nitrogen and oxygen atoms in total. The zero-order chi connectivity index (χ0) is 30.7. The maximum Gasteiger partial charge on any atom is 0.338 e. The van der Waals surface area contributed by atoms with E-state index in [0.29, 0.717) is 47.8 Å². The third-order valence-corrected chi connectivity index (χ3v) is 9.89. The molecule has 1 aliphatic carbocycles. The molecule has 2 aliphatic heterocycles. The largest absolute Gasteiger partial charge is 0.489 e. The second kappa shape index (κ2) is 11.5. The molecule has 2 aromatic carbocycles. The van der Waals surface area contributed by atoms with E-state index in [0.717, 1.165) is 24.2 Å². The van der Waals surface area contributed by atoms with Crippen molar-refractivity contribution in [3.05, 3.63) is 62.3 Å². The monoisotopic (exact) mass is 660 g/mol. The van der Waals surface area contributed by atoms with Crippen LogP contribution in [0.2, 0.25) is 10.0 Å². The molecule has 1 N–H and O–H groups in total. The number of benzene rings is 2. The number of carbonyl (C=O) groups is 1. The molecule has 3 aliphatic rings. The molecule has 0 bridgehead atoms. The number of methoxy groups -OCH3 is 1. The van der Waals surface area contributed by atoms with Crippen molar-refractivity contribution in [2.45, 2.75) is 69.2 Å². The first-order chi connectivity index (χ1) is 21.2. The molecule has 0 radical (unpaired) electrons. The van der Waals surface area contributed by atoms with Gasteiger partial charge in [0.05, 0.1) is 53.3 Å². The average molecular weight is 662 g/mol. The molecule has 1 unspecified atom stereocenters. The molecule has 4 heterocycles. The lowest BCUT2D eigenvalue weighted by molar-refractivity contribution is -0.0807. The van der Waals surface area contributed by atoms with Crippen LogP contribution in [-0.4, -0.2) is 66.0 Å². The Balaban J connectivity index is 1.14. The van der Waals surface area contributed by atoms with Gasteiger partial charge in [-0.2, -0.15) is 0 Å². The summed E-state index contributed by atoms with van der Waals surface area (Å²) in [5, 5.41) is 17.6. The van der Waals surface area contributed by atoms with Gasteiger partial charge in [0, 0.05) is 17.0 Å². The van der Waals surface area contributed by atoms with Crippen LogP contribution in [0.5, 0.6) is 5.75 Å². The van der Waals surface area contributed by atoms with E-state index in [4.69, 9.17) is 56.4 Å². The fraction of sp³-hybridized carbons (Fsp3) is 0.452. The summed E-state index contributed by atoms with van der Waals surface area (Å²) in [7, 11) is 1.32. The Kier molecular flexibility index (Phi) is 7.85. The van der Waals surface area contributed by atoms with E-state index >= 15 is 0 Å². The van der Waals surface area contributed by atoms with Gasteiger partial charge in [0.25, 0.3) is 0 Å². The second-order valence-electron chi connectivity index (χ2n) is 11.5. The molecule has 4 atom stereocenters. The molecular weight excluding hydrogens is 631 g/mol. The fourth-order valence-corrected chi connectivity index (χ4v) is 7.52. The minimum absolute atomic E-state index is 0.0344. The van der Waals surface area contributed by atoms with Crippen molar-refractivity contribution < 1.29 is 38.1 Å². The Morgan fingerprint density at radius 1 is 1.20 bits per heavy atom. The first-order valence-corrected chi connectivity index (χ1v) is 15.9. The van der Waals surface area contributed by atoms with E-state index in [1.807, 2.05) is 13.8 Å². The lowest BCUT2D eigenvalue weighted by Gasteiger charge is -2.24. The molecule has 232 valence electrons. The third-order valence-electron chi connectivity index (χ3n) is 8.09. The molecule has 4 aromatic rings. The predicted octanol–water partition coefficient (Wildman–Crippen LogP) is 6.28. The highest BCUT2D eigenvalue weighted by Gasteiger charge is 2.59. The number of fused-ring (bicyclic) bond motifs is 2. The number of esters is 1. The topological polar surface area (TPSA) is 122 Å².